The van der Waals surface area contributed by atoms with Crippen LogP contribution in [-0.2, 0) is 6.54 Å². The van der Waals surface area contributed by atoms with Crippen molar-refractivity contribution in [3.05, 3.63) is 49.0 Å². The van der Waals surface area contributed by atoms with Gasteiger partial charge in [-0.2, -0.15) is 0 Å². The molecule has 0 unspecified atom stereocenters. The third-order valence-electron chi connectivity index (χ3n) is 3.10. The molecule has 1 aliphatic heterocycles. The smallest absolute Gasteiger partial charge is 0.264 e. The number of para-hydroxylation sites is 1. The van der Waals surface area contributed by atoms with E-state index in [0.29, 0.717) is 19.7 Å². The van der Waals surface area contributed by atoms with E-state index in [1.807, 2.05) is 35.2 Å². The molecule has 0 fully saturated rings. The molecule has 20 heavy (non-hydrogen) atoms. The van der Waals surface area contributed by atoms with E-state index in [0.717, 1.165) is 24.4 Å². The molecule has 0 bridgehead atoms. The molecule has 0 N–H and O–H groups in total. The number of carbonyl (C=O) groups is 1. The standard InChI is InChI=1S/C14H11Br2NO2S/c15-10-7-12(20-13(10)16)14(18)17-5-6-19-11-4-2-1-3-9(11)8-17/h1-4,7H,5-6,8H2. The third-order valence-corrected chi connectivity index (χ3v) is 6.34. The number of ether oxygens (including phenoxy) is 1. The highest BCUT2D eigenvalue weighted by molar-refractivity contribution is 9.13. The Morgan fingerprint density at radius 1 is 1.30 bits per heavy atom. The maximum absolute atomic E-state index is 12.6. The Kier molecular flexibility index (Phi) is 4.14. The van der Waals surface area contributed by atoms with Gasteiger partial charge in [0.15, 0.2) is 0 Å². The van der Waals surface area contributed by atoms with Gasteiger partial charge < -0.3 is 9.64 Å². The van der Waals surface area contributed by atoms with E-state index in [-0.39, 0.29) is 5.91 Å². The summed E-state index contributed by atoms with van der Waals surface area (Å²) in [5, 5.41) is 0. The fourth-order valence-electron chi connectivity index (χ4n) is 2.11. The van der Waals surface area contributed by atoms with E-state index < -0.39 is 0 Å². The normalized spacial score (nSPS) is 14.4. The summed E-state index contributed by atoms with van der Waals surface area (Å²) in [6, 6.07) is 9.72. The summed E-state index contributed by atoms with van der Waals surface area (Å²) in [5.74, 6) is 0.915. The van der Waals surface area contributed by atoms with E-state index in [1.165, 1.54) is 11.3 Å². The van der Waals surface area contributed by atoms with Crippen LogP contribution in [0.4, 0.5) is 0 Å². The van der Waals surface area contributed by atoms with Crippen LogP contribution in [0.15, 0.2) is 38.6 Å². The van der Waals surface area contributed by atoms with Crippen molar-refractivity contribution >= 4 is 49.1 Å². The molecule has 0 saturated heterocycles. The highest BCUT2D eigenvalue weighted by atomic mass is 79.9. The van der Waals surface area contributed by atoms with Gasteiger partial charge in [0.1, 0.15) is 12.4 Å². The number of amides is 1. The molecule has 0 atom stereocenters. The Morgan fingerprint density at radius 2 is 2.10 bits per heavy atom. The van der Waals surface area contributed by atoms with Crippen LogP contribution in [0.5, 0.6) is 5.75 Å². The SMILES string of the molecule is O=C(c1cc(Br)c(Br)s1)N1CCOc2ccccc2C1. The van der Waals surface area contributed by atoms with Crippen LogP contribution in [-0.4, -0.2) is 24.0 Å². The molecule has 3 rings (SSSR count). The van der Waals surface area contributed by atoms with Gasteiger partial charge in [-0.15, -0.1) is 11.3 Å². The number of carbonyl (C=O) groups excluding carboxylic acids is 1. The summed E-state index contributed by atoms with van der Waals surface area (Å²) in [7, 11) is 0. The molecule has 1 aromatic heterocycles. The van der Waals surface area contributed by atoms with Gasteiger partial charge in [0.2, 0.25) is 0 Å². The largest absolute Gasteiger partial charge is 0.491 e. The Bertz CT molecular complexity index is 637. The molecule has 104 valence electrons. The Balaban J connectivity index is 1.86. The molecule has 3 nitrogen and oxygen atoms in total. The molecule has 1 aliphatic rings. The average Bonchev–Trinajstić information content (AvgIpc) is 2.67. The molecule has 0 spiro atoms. The molecule has 1 aromatic carbocycles. The van der Waals surface area contributed by atoms with Crippen molar-refractivity contribution in [2.24, 2.45) is 0 Å². The maximum atomic E-state index is 12.6. The first kappa shape index (κ1) is 14.1. The number of thiophene rings is 1. The molecule has 1 amide bonds. The van der Waals surface area contributed by atoms with Crippen molar-refractivity contribution in [2.45, 2.75) is 6.54 Å². The second-order valence-electron chi connectivity index (χ2n) is 4.42. The van der Waals surface area contributed by atoms with Gasteiger partial charge in [-0.1, -0.05) is 18.2 Å². The Morgan fingerprint density at radius 3 is 2.85 bits per heavy atom. The summed E-state index contributed by atoms with van der Waals surface area (Å²) in [4.78, 5) is 15.1. The molecule has 6 heteroatoms. The van der Waals surface area contributed by atoms with Crippen molar-refractivity contribution in [1.82, 2.24) is 4.90 Å². The number of fused-ring (bicyclic) bond motifs is 1. The molecule has 2 aromatic rings. The lowest BCUT2D eigenvalue weighted by atomic mass is 10.2. The van der Waals surface area contributed by atoms with Crippen LogP contribution in [0.2, 0.25) is 0 Å². The lowest BCUT2D eigenvalue weighted by Crippen LogP contribution is -2.31. The Hall–Kier alpha value is -0.850. The molecule has 0 radical (unpaired) electrons. The summed E-state index contributed by atoms with van der Waals surface area (Å²) in [6.07, 6.45) is 0. The molecular weight excluding hydrogens is 406 g/mol. The summed E-state index contributed by atoms with van der Waals surface area (Å²) in [6.45, 7) is 1.71. The van der Waals surface area contributed by atoms with Gasteiger partial charge in [0, 0.05) is 16.6 Å². The topological polar surface area (TPSA) is 29.5 Å². The predicted molar refractivity (Wildman–Crippen MR) is 86.4 cm³/mol. The van der Waals surface area contributed by atoms with Gasteiger partial charge >= 0.3 is 0 Å². The fourth-order valence-corrected chi connectivity index (χ4v) is 4.11. The zero-order valence-electron chi connectivity index (χ0n) is 10.4. The van der Waals surface area contributed by atoms with Gasteiger partial charge in [-0.05, 0) is 44.0 Å². The second kappa shape index (κ2) is 5.87. The number of rotatable bonds is 1. The second-order valence-corrected chi connectivity index (χ2v) is 7.64. The minimum atomic E-state index is 0.0432. The predicted octanol–water partition coefficient (Wildman–Crippen LogP) is 4.31. The highest BCUT2D eigenvalue weighted by Crippen LogP contribution is 2.33. The molecular formula is C14H11Br2NO2S. The number of hydrogen-bond acceptors (Lipinski definition) is 3. The van der Waals surface area contributed by atoms with E-state index in [1.54, 1.807) is 0 Å². The average molecular weight is 417 g/mol. The van der Waals surface area contributed by atoms with Crippen molar-refractivity contribution in [3.8, 4) is 5.75 Å². The van der Waals surface area contributed by atoms with Crippen LogP contribution >= 0.6 is 43.2 Å². The minimum absolute atomic E-state index is 0.0432. The van der Waals surface area contributed by atoms with Crippen molar-refractivity contribution < 1.29 is 9.53 Å². The van der Waals surface area contributed by atoms with Crippen molar-refractivity contribution in [2.75, 3.05) is 13.2 Å². The van der Waals surface area contributed by atoms with Gasteiger partial charge in [0.05, 0.1) is 15.2 Å². The summed E-state index contributed by atoms with van der Waals surface area (Å²) >= 11 is 8.29. The summed E-state index contributed by atoms with van der Waals surface area (Å²) in [5.41, 5.74) is 1.05. The maximum Gasteiger partial charge on any atom is 0.264 e. The quantitative estimate of drug-likeness (QED) is 0.693. The fraction of sp³-hybridized carbons (Fsp3) is 0.214. The lowest BCUT2D eigenvalue weighted by molar-refractivity contribution is 0.0738. The lowest BCUT2D eigenvalue weighted by Gasteiger charge is -2.18. The number of nitrogens with zero attached hydrogens (tertiary/aromatic N) is 1. The van der Waals surface area contributed by atoms with E-state index >= 15 is 0 Å². The van der Waals surface area contributed by atoms with Gasteiger partial charge in [0.25, 0.3) is 5.91 Å². The Labute approximate surface area is 137 Å². The number of benzene rings is 1. The zero-order chi connectivity index (χ0) is 14.1. The van der Waals surface area contributed by atoms with Crippen LogP contribution in [0.25, 0.3) is 0 Å². The molecule has 0 aliphatic carbocycles. The van der Waals surface area contributed by atoms with Crippen molar-refractivity contribution in [3.63, 3.8) is 0 Å². The van der Waals surface area contributed by atoms with E-state index in [2.05, 4.69) is 31.9 Å². The van der Waals surface area contributed by atoms with Crippen LogP contribution in [0.1, 0.15) is 15.2 Å². The van der Waals surface area contributed by atoms with Crippen LogP contribution in [0.3, 0.4) is 0 Å². The minimum Gasteiger partial charge on any atom is -0.491 e. The van der Waals surface area contributed by atoms with Gasteiger partial charge in [-0.25, -0.2) is 0 Å². The zero-order valence-corrected chi connectivity index (χ0v) is 14.4. The monoisotopic (exact) mass is 415 g/mol. The first-order valence-electron chi connectivity index (χ1n) is 6.10. The molecule has 0 saturated carbocycles. The first-order chi connectivity index (χ1) is 9.65. The first-order valence-corrected chi connectivity index (χ1v) is 8.50. The van der Waals surface area contributed by atoms with Gasteiger partial charge in [-0.3, -0.25) is 4.79 Å². The van der Waals surface area contributed by atoms with Crippen molar-refractivity contribution in [1.29, 1.82) is 0 Å². The molecule has 2 heterocycles. The number of hydrogen-bond donors (Lipinski definition) is 0. The highest BCUT2D eigenvalue weighted by Gasteiger charge is 2.22. The van der Waals surface area contributed by atoms with E-state index in [4.69, 9.17) is 4.74 Å². The summed E-state index contributed by atoms with van der Waals surface area (Å²) < 4.78 is 7.54. The number of halogens is 2. The van der Waals surface area contributed by atoms with Crippen LogP contribution < -0.4 is 4.74 Å². The van der Waals surface area contributed by atoms with Crippen LogP contribution in [0, 0.1) is 0 Å². The van der Waals surface area contributed by atoms with E-state index in [9.17, 15) is 4.79 Å². The third kappa shape index (κ3) is 2.77.